The number of rotatable bonds is 4. The van der Waals surface area contributed by atoms with Crippen molar-refractivity contribution >= 4 is 107 Å². The van der Waals surface area contributed by atoms with E-state index in [1.807, 2.05) is 11.3 Å². The van der Waals surface area contributed by atoms with Gasteiger partial charge in [0.15, 0.2) is 0 Å². The molecule has 0 atom stereocenters. The predicted molar refractivity (Wildman–Crippen MR) is 278 cm³/mol. The van der Waals surface area contributed by atoms with Gasteiger partial charge in [0, 0.05) is 36.6 Å². The molecule has 0 amide bonds. The number of aromatic nitrogens is 1. The molecule has 0 saturated heterocycles. The van der Waals surface area contributed by atoms with Crippen molar-refractivity contribution < 1.29 is 0 Å². The number of thiophene rings is 1. The van der Waals surface area contributed by atoms with Gasteiger partial charge in [-0.25, -0.2) is 0 Å². The summed E-state index contributed by atoms with van der Waals surface area (Å²) in [5, 5.41) is 18.1. The average Bonchev–Trinajstić information content (AvgIpc) is 3.90. The molecule has 2 aromatic heterocycles. The molecule has 0 aliphatic carbocycles. The lowest BCUT2D eigenvalue weighted by Gasteiger charge is -2.13. The van der Waals surface area contributed by atoms with E-state index in [4.69, 9.17) is 0 Å². The molecule has 0 N–H and O–H groups in total. The van der Waals surface area contributed by atoms with Crippen molar-refractivity contribution in [2.75, 3.05) is 0 Å². The molecule has 296 valence electrons. The summed E-state index contributed by atoms with van der Waals surface area (Å²) in [7, 11) is 0. The van der Waals surface area contributed by atoms with Crippen LogP contribution in [0.5, 0.6) is 0 Å². The van der Waals surface area contributed by atoms with E-state index in [2.05, 4.69) is 229 Å². The maximum Gasteiger partial charge on any atom is 0.0541 e. The molecule has 0 fully saturated rings. The number of fused-ring (bicyclic) bond motifs is 15. The minimum atomic E-state index is 1.17. The molecule has 0 radical (unpaired) electrons. The van der Waals surface area contributed by atoms with Crippen LogP contribution in [0.15, 0.2) is 224 Å². The smallest absolute Gasteiger partial charge is 0.0541 e. The molecule has 14 rings (SSSR count). The third-order valence-corrected chi connectivity index (χ3v) is 14.8. The Morgan fingerprint density at radius 3 is 1.47 bits per heavy atom. The molecule has 0 saturated carbocycles. The largest absolute Gasteiger partial charge is 0.309 e. The van der Waals surface area contributed by atoms with E-state index in [-0.39, 0.29) is 0 Å². The first-order valence-electron chi connectivity index (χ1n) is 22.1. The van der Waals surface area contributed by atoms with Crippen LogP contribution in [0.25, 0.3) is 135 Å². The summed E-state index contributed by atoms with van der Waals surface area (Å²) in [5.74, 6) is 0. The maximum absolute atomic E-state index is 2.46. The number of nitrogens with zero attached hydrogens (tertiary/aromatic N) is 1. The van der Waals surface area contributed by atoms with E-state index < -0.39 is 0 Å². The first-order valence-corrected chi connectivity index (χ1v) is 22.9. The molecule has 1 nitrogen and oxygen atoms in total. The zero-order chi connectivity index (χ0) is 41.9. The third kappa shape index (κ3) is 5.36. The highest BCUT2D eigenvalue weighted by atomic mass is 32.1. The summed E-state index contributed by atoms with van der Waals surface area (Å²) in [5.41, 5.74) is 10.8. The van der Waals surface area contributed by atoms with Crippen molar-refractivity contribution in [1.29, 1.82) is 0 Å². The van der Waals surface area contributed by atoms with Crippen molar-refractivity contribution in [1.82, 2.24) is 4.57 Å². The molecule has 12 aromatic carbocycles. The van der Waals surface area contributed by atoms with E-state index in [1.54, 1.807) is 0 Å². The summed E-state index contributed by atoms with van der Waals surface area (Å²) >= 11 is 1.90. The van der Waals surface area contributed by atoms with Gasteiger partial charge in [-0.15, -0.1) is 11.3 Å². The van der Waals surface area contributed by atoms with Crippen LogP contribution in [-0.4, -0.2) is 4.57 Å². The van der Waals surface area contributed by atoms with Crippen LogP contribution in [0.4, 0.5) is 0 Å². The Labute approximate surface area is 373 Å². The van der Waals surface area contributed by atoms with Crippen LogP contribution in [-0.2, 0) is 0 Å². The van der Waals surface area contributed by atoms with Gasteiger partial charge in [-0.1, -0.05) is 146 Å². The summed E-state index contributed by atoms with van der Waals surface area (Å²) in [4.78, 5) is 0. The number of para-hydroxylation sites is 2. The Balaban J connectivity index is 0.987. The number of benzene rings is 12. The molecular weight excluding hydrogens is 791 g/mol. The van der Waals surface area contributed by atoms with Crippen LogP contribution in [0.2, 0.25) is 0 Å². The van der Waals surface area contributed by atoms with Gasteiger partial charge in [0.05, 0.1) is 11.0 Å². The van der Waals surface area contributed by atoms with Crippen LogP contribution >= 0.6 is 11.3 Å². The third-order valence-electron chi connectivity index (χ3n) is 13.7. The Hall–Kier alpha value is -8.04. The SMILES string of the molecule is c1ccc(-n2c3ccccc3c3cc(-c4cc(-c5ccc6c(ccc7ccccc76)c5)cc(-c5ccc6sc7cc8c9ccccc9c9ccccc9c8cc7c6c5)c4)ccc32)cc1. The Morgan fingerprint density at radius 2 is 0.734 bits per heavy atom. The summed E-state index contributed by atoms with van der Waals surface area (Å²) in [6.45, 7) is 0. The van der Waals surface area contributed by atoms with E-state index in [1.165, 1.54) is 135 Å². The topological polar surface area (TPSA) is 4.93 Å². The highest BCUT2D eigenvalue weighted by Gasteiger charge is 2.17. The summed E-state index contributed by atoms with van der Waals surface area (Å²) in [6.07, 6.45) is 0. The Kier molecular flexibility index (Phi) is 7.63. The first kappa shape index (κ1) is 35.5. The normalized spacial score (nSPS) is 12.1. The van der Waals surface area contributed by atoms with Crippen LogP contribution in [0.1, 0.15) is 0 Å². The zero-order valence-corrected chi connectivity index (χ0v) is 35.5. The van der Waals surface area contributed by atoms with Crippen molar-refractivity contribution in [3.63, 3.8) is 0 Å². The highest BCUT2D eigenvalue weighted by molar-refractivity contribution is 7.25. The quantitative estimate of drug-likeness (QED) is 0.156. The van der Waals surface area contributed by atoms with Gasteiger partial charge in [0.1, 0.15) is 0 Å². The zero-order valence-electron chi connectivity index (χ0n) is 34.7. The van der Waals surface area contributed by atoms with Gasteiger partial charge in [-0.05, 0) is 166 Å². The molecule has 0 spiro atoms. The van der Waals surface area contributed by atoms with E-state index in [0.29, 0.717) is 0 Å². The van der Waals surface area contributed by atoms with Crippen LogP contribution < -0.4 is 0 Å². The van der Waals surface area contributed by atoms with E-state index in [9.17, 15) is 0 Å². The van der Waals surface area contributed by atoms with Gasteiger partial charge >= 0.3 is 0 Å². The molecule has 64 heavy (non-hydrogen) atoms. The van der Waals surface area contributed by atoms with Gasteiger partial charge in [-0.2, -0.15) is 0 Å². The van der Waals surface area contributed by atoms with Crippen molar-refractivity contribution in [3.8, 4) is 39.1 Å². The van der Waals surface area contributed by atoms with E-state index >= 15 is 0 Å². The summed E-state index contributed by atoms with van der Waals surface area (Å²) in [6, 6.07) is 83.7. The molecule has 0 aliphatic rings. The lowest BCUT2D eigenvalue weighted by molar-refractivity contribution is 1.18. The fourth-order valence-corrected chi connectivity index (χ4v) is 11.8. The highest BCUT2D eigenvalue weighted by Crippen LogP contribution is 2.44. The number of hydrogen-bond donors (Lipinski definition) is 0. The fourth-order valence-electron chi connectivity index (χ4n) is 10.7. The summed E-state index contributed by atoms with van der Waals surface area (Å²) < 4.78 is 5.02. The molecular formula is C62H37NS. The van der Waals surface area contributed by atoms with Crippen LogP contribution in [0, 0.1) is 0 Å². The van der Waals surface area contributed by atoms with Gasteiger partial charge in [0.2, 0.25) is 0 Å². The second kappa shape index (κ2) is 13.7. The minimum absolute atomic E-state index is 1.17. The Bertz CT molecular complexity index is 4250. The van der Waals surface area contributed by atoms with Gasteiger partial charge < -0.3 is 4.57 Å². The van der Waals surface area contributed by atoms with Gasteiger partial charge in [0.25, 0.3) is 0 Å². The second-order valence-electron chi connectivity index (χ2n) is 17.2. The standard InChI is InChI=1S/C62H37NS/c1-2-13-46(14-3-1)63-59-21-11-10-20-53(59)56-34-40(25-28-60(56)63)44-31-43(39-24-27-48-42(30-39)23-22-38-12-4-5-15-47(38)48)32-45(33-44)41-26-29-61-57(35-41)58-36-54-51-18-8-6-16-49(51)50-17-7-9-19-52(50)55(54)37-62(58)64-61/h1-37H. The minimum Gasteiger partial charge on any atom is -0.309 e. The lowest BCUT2D eigenvalue weighted by Crippen LogP contribution is -1.93. The molecule has 2 heteroatoms. The predicted octanol–water partition coefficient (Wildman–Crippen LogP) is 17.9. The van der Waals surface area contributed by atoms with Gasteiger partial charge in [-0.3, -0.25) is 0 Å². The Morgan fingerprint density at radius 1 is 0.234 bits per heavy atom. The molecule has 14 aromatic rings. The molecule has 0 unspecified atom stereocenters. The fraction of sp³-hybridized carbons (Fsp3) is 0. The van der Waals surface area contributed by atoms with Crippen molar-refractivity contribution in [2.45, 2.75) is 0 Å². The molecule has 0 bridgehead atoms. The lowest BCUT2D eigenvalue weighted by atomic mass is 9.91. The molecule has 0 aliphatic heterocycles. The van der Waals surface area contributed by atoms with Crippen LogP contribution in [0.3, 0.4) is 0 Å². The van der Waals surface area contributed by atoms with Crippen molar-refractivity contribution in [3.05, 3.63) is 224 Å². The second-order valence-corrected chi connectivity index (χ2v) is 18.3. The average molecular weight is 828 g/mol. The van der Waals surface area contributed by atoms with Crippen molar-refractivity contribution in [2.24, 2.45) is 0 Å². The van der Waals surface area contributed by atoms with E-state index in [0.717, 1.165) is 0 Å². The number of hydrogen-bond acceptors (Lipinski definition) is 1. The first-order chi connectivity index (χ1) is 31.7. The monoisotopic (exact) mass is 827 g/mol. The molecule has 2 heterocycles. The maximum atomic E-state index is 2.46.